The van der Waals surface area contributed by atoms with Crippen molar-refractivity contribution in [3.05, 3.63) is 155 Å². The van der Waals surface area contributed by atoms with Gasteiger partial charge in [-0.15, -0.1) is 0 Å². The Morgan fingerprint density at radius 1 is 0.750 bits per heavy atom. The lowest BCUT2D eigenvalue weighted by Gasteiger charge is -2.43. The van der Waals surface area contributed by atoms with E-state index in [-0.39, 0.29) is 19.2 Å². The van der Waals surface area contributed by atoms with Crippen molar-refractivity contribution in [2.75, 3.05) is 6.61 Å². The first-order valence-corrected chi connectivity index (χ1v) is 18.9. The SMILES string of the molecule is CC/C=C(\C)[C@](C)(COC(c1ccccc1)(c1ccccc1)c1ccccc1)[C@@H](OCc1ccccc1)C(=O)O[Si](C)(C)C. The molecule has 0 spiro atoms. The Morgan fingerprint density at radius 2 is 1.18 bits per heavy atom. The van der Waals surface area contributed by atoms with Crippen LogP contribution in [-0.2, 0) is 30.9 Å². The predicted molar refractivity (Wildman–Crippen MR) is 182 cm³/mol. The molecule has 4 aromatic carbocycles. The number of rotatable bonds is 14. The Morgan fingerprint density at radius 3 is 1.59 bits per heavy atom. The molecular weight excluding hydrogens is 561 g/mol. The summed E-state index contributed by atoms with van der Waals surface area (Å²) in [6, 6.07) is 40.9. The van der Waals surface area contributed by atoms with Crippen molar-refractivity contribution in [3.63, 3.8) is 0 Å². The fraction of sp³-hybridized carbons (Fsp3) is 0.308. The maximum absolute atomic E-state index is 14.1. The minimum Gasteiger partial charge on any atom is -0.518 e. The van der Waals surface area contributed by atoms with Gasteiger partial charge >= 0.3 is 5.97 Å². The number of hydrogen-bond donors (Lipinski definition) is 0. The molecule has 0 aliphatic rings. The van der Waals surface area contributed by atoms with Gasteiger partial charge in [0.2, 0.25) is 8.32 Å². The molecule has 0 aromatic heterocycles. The molecule has 0 saturated heterocycles. The quantitative estimate of drug-likeness (QED) is 0.0815. The van der Waals surface area contributed by atoms with Gasteiger partial charge in [-0.2, -0.15) is 0 Å². The molecule has 0 unspecified atom stereocenters. The van der Waals surface area contributed by atoms with E-state index in [1.165, 1.54) is 0 Å². The third kappa shape index (κ3) is 7.84. The maximum atomic E-state index is 14.1. The standard InChI is InChI=1S/C39H46O4Si/c1-7-20-31(2)38(3,36(37(40)43-44(4,5)6)41-29-32-21-12-8-13-22-32)30-42-39(33-23-14-9-15-24-33,34-25-16-10-17-26-34)35-27-18-11-19-28-35/h8-28,36H,7,29-30H2,1-6H3/b31-20+/t36-,38-/m0/s1. The largest absolute Gasteiger partial charge is 0.518 e. The van der Waals surface area contributed by atoms with Crippen LogP contribution in [0.4, 0.5) is 0 Å². The topological polar surface area (TPSA) is 44.8 Å². The average molecular weight is 607 g/mol. The molecule has 230 valence electrons. The monoisotopic (exact) mass is 606 g/mol. The van der Waals surface area contributed by atoms with E-state index in [0.717, 1.165) is 34.2 Å². The highest BCUT2D eigenvalue weighted by Gasteiger charge is 2.47. The number of allylic oxidation sites excluding steroid dienone is 1. The first kappa shape index (κ1) is 33.1. The zero-order valence-electron chi connectivity index (χ0n) is 27.0. The Kier molecular flexibility index (Phi) is 11.1. The molecule has 0 heterocycles. The zero-order chi connectivity index (χ0) is 31.6. The lowest BCUT2D eigenvalue weighted by atomic mass is 9.76. The molecule has 4 aromatic rings. The first-order chi connectivity index (χ1) is 21.1. The highest BCUT2D eigenvalue weighted by Crippen LogP contribution is 2.44. The number of benzene rings is 4. The van der Waals surface area contributed by atoms with Gasteiger partial charge in [-0.1, -0.05) is 147 Å². The number of hydrogen-bond acceptors (Lipinski definition) is 4. The molecule has 0 saturated carbocycles. The van der Waals surface area contributed by atoms with Crippen LogP contribution in [-0.4, -0.2) is 27.0 Å². The fourth-order valence-corrected chi connectivity index (χ4v) is 6.29. The molecule has 0 N–H and O–H groups in total. The van der Waals surface area contributed by atoms with Crippen LogP contribution in [0.2, 0.25) is 19.6 Å². The van der Waals surface area contributed by atoms with E-state index >= 15 is 0 Å². The molecule has 5 heteroatoms. The van der Waals surface area contributed by atoms with Crippen LogP contribution in [0.5, 0.6) is 0 Å². The second kappa shape index (κ2) is 14.8. The van der Waals surface area contributed by atoms with E-state index in [1.54, 1.807) is 0 Å². The molecular formula is C39H46O4Si. The molecule has 0 bridgehead atoms. The van der Waals surface area contributed by atoms with Gasteiger partial charge in [0.15, 0.2) is 6.10 Å². The third-order valence-corrected chi connectivity index (χ3v) is 8.81. The lowest BCUT2D eigenvalue weighted by molar-refractivity contribution is -0.163. The van der Waals surface area contributed by atoms with Crippen LogP contribution in [0.3, 0.4) is 0 Å². The van der Waals surface area contributed by atoms with Gasteiger partial charge in [0.1, 0.15) is 5.60 Å². The van der Waals surface area contributed by atoms with Crippen LogP contribution < -0.4 is 0 Å². The van der Waals surface area contributed by atoms with E-state index in [4.69, 9.17) is 13.9 Å². The molecule has 0 aliphatic carbocycles. The summed E-state index contributed by atoms with van der Waals surface area (Å²) in [5, 5.41) is 0. The van der Waals surface area contributed by atoms with Gasteiger partial charge in [0.05, 0.1) is 13.2 Å². The normalized spacial score (nSPS) is 14.5. The average Bonchev–Trinajstić information content (AvgIpc) is 3.03. The minimum atomic E-state index is -2.23. The van der Waals surface area contributed by atoms with E-state index in [1.807, 2.05) is 105 Å². The summed E-state index contributed by atoms with van der Waals surface area (Å²) in [6.45, 7) is 12.8. The van der Waals surface area contributed by atoms with Gasteiger partial charge < -0.3 is 13.9 Å². The Labute approximate surface area is 264 Å². The Bertz CT molecular complexity index is 1380. The summed E-state index contributed by atoms with van der Waals surface area (Å²) in [5.74, 6) is -0.347. The summed E-state index contributed by atoms with van der Waals surface area (Å²) in [6.07, 6.45) is 2.09. The number of carbonyl (C=O) groups excluding carboxylic acids is 1. The number of ether oxygens (including phenoxy) is 2. The zero-order valence-corrected chi connectivity index (χ0v) is 28.0. The molecule has 0 radical (unpaired) electrons. The van der Waals surface area contributed by atoms with Gasteiger partial charge in [0, 0.05) is 5.41 Å². The first-order valence-electron chi connectivity index (χ1n) is 15.5. The second-order valence-corrected chi connectivity index (χ2v) is 16.9. The van der Waals surface area contributed by atoms with Crippen molar-refractivity contribution in [1.82, 2.24) is 0 Å². The minimum absolute atomic E-state index is 0.203. The van der Waals surface area contributed by atoms with Gasteiger partial charge in [-0.3, -0.25) is 4.79 Å². The van der Waals surface area contributed by atoms with Crippen LogP contribution >= 0.6 is 0 Å². The van der Waals surface area contributed by atoms with Gasteiger partial charge in [0.25, 0.3) is 0 Å². The summed E-state index contributed by atoms with van der Waals surface area (Å²) >= 11 is 0. The molecule has 0 amide bonds. The van der Waals surface area contributed by atoms with E-state index in [0.29, 0.717) is 0 Å². The van der Waals surface area contributed by atoms with Crippen molar-refractivity contribution in [1.29, 1.82) is 0 Å². The van der Waals surface area contributed by atoms with Crippen LogP contribution in [0.1, 0.15) is 49.4 Å². The van der Waals surface area contributed by atoms with E-state index < -0.39 is 25.4 Å². The van der Waals surface area contributed by atoms with E-state index in [9.17, 15) is 4.79 Å². The predicted octanol–water partition coefficient (Wildman–Crippen LogP) is 9.32. The lowest BCUT2D eigenvalue weighted by Crippen LogP contribution is -2.50. The molecule has 4 nitrogen and oxygen atoms in total. The summed E-state index contributed by atoms with van der Waals surface area (Å²) < 4.78 is 20.0. The van der Waals surface area contributed by atoms with Gasteiger partial charge in [-0.25, -0.2) is 0 Å². The summed E-state index contributed by atoms with van der Waals surface area (Å²) in [5.41, 5.74) is 3.24. The molecule has 2 atom stereocenters. The Hall–Kier alpha value is -3.77. The summed E-state index contributed by atoms with van der Waals surface area (Å²) in [4.78, 5) is 14.1. The van der Waals surface area contributed by atoms with Crippen LogP contribution in [0, 0.1) is 5.41 Å². The van der Waals surface area contributed by atoms with Crippen LogP contribution in [0.15, 0.2) is 133 Å². The van der Waals surface area contributed by atoms with Gasteiger partial charge in [-0.05, 0) is 55.2 Å². The highest BCUT2D eigenvalue weighted by molar-refractivity contribution is 6.71. The smallest absolute Gasteiger partial charge is 0.322 e. The van der Waals surface area contributed by atoms with Crippen molar-refractivity contribution < 1.29 is 18.7 Å². The van der Waals surface area contributed by atoms with Crippen LogP contribution in [0.25, 0.3) is 0 Å². The highest BCUT2D eigenvalue weighted by atomic mass is 28.4. The third-order valence-electron chi connectivity index (χ3n) is 8.00. The second-order valence-electron chi connectivity index (χ2n) is 12.5. The molecule has 0 fully saturated rings. The molecule has 0 aliphatic heterocycles. The fourth-order valence-electron chi connectivity index (χ4n) is 5.58. The van der Waals surface area contributed by atoms with Crippen molar-refractivity contribution >= 4 is 14.3 Å². The van der Waals surface area contributed by atoms with Crippen molar-refractivity contribution in [2.24, 2.45) is 5.41 Å². The molecule has 4 rings (SSSR count). The van der Waals surface area contributed by atoms with E-state index in [2.05, 4.69) is 63.2 Å². The Balaban J connectivity index is 1.86. The van der Waals surface area contributed by atoms with Crippen molar-refractivity contribution in [3.8, 4) is 0 Å². The van der Waals surface area contributed by atoms with Crippen molar-refractivity contribution in [2.45, 2.75) is 65.1 Å². The molecule has 44 heavy (non-hydrogen) atoms. The number of carbonyl (C=O) groups is 1. The maximum Gasteiger partial charge on any atom is 0.322 e. The summed E-state index contributed by atoms with van der Waals surface area (Å²) in [7, 11) is -2.23.